The number of hydrogen-bond donors (Lipinski definition) is 1. The average molecular weight is 323 g/mol. The van der Waals surface area contributed by atoms with Gasteiger partial charge in [-0.3, -0.25) is 15.0 Å². The van der Waals surface area contributed by atoms with E-state index in [0.29, 0.717) is 16.9 Å². The number of hydrogen-bond acceptors (Lipinski definition) is 4. The molecule has 0 atom stereocenters. The molecular formula is C18H17N3O3. The number of carbonyl (C=O) groups is 2. The van der Waals surface area contributed by atoms with Gasteiger partial charge in [0.2, 0.25) is 5.91 Å². The van der Waals surface area contributed by atoms with Gasteiger partial charge in [-0.05, 0) is 37.3 Å². The Bertz CT molecular complexity index is 915. The summed E-state index contributed by atoms with van der Waals surface area (Å²) in [6.07, 6.45) is 1.66. The van der Waals surface area contributed by atoms with Crippen molar-refractivity contribution in [3.63, 3.8) is 0 Å². The molecule has 0 fully saturated rings. The molecule has 0 saturated heterocycles. The van der Waals surface area contributed by atoms with Crippen molar-refractivity contribution in [2.75, 3.05) is 12.5 Å². The molecule has 6 nitrogen and oxygen atoms in total. The first kappa shape index (κ1) is 15.7. The van der Waals surface area contributed by atoms with Gasteiger partial charge < -0.3 is 4.74 Å². The fourth-order valence-corrected chi connectivity index (χ4v) is 2.53. The molecule has 1 N–H and O–H groups in total. The molecule has 0 aliphatic rings. The van der Waals surface area contributed by atoms with E-state index in [4.69, 9.17) is 4.74 Å². The normalized spacial score (nSPS) is 10.6. The van der Waals surface area contributed by atoms with Gasteiger partial charge in [-0.2, -0.15) is 0 Å². The number of ether oxygens (including phenoxy) is 1. The van der Waals surface area contributed by atoms with Crippen LogP contribution >= 0.6 is 0 Å². The number of rotatable bonds is 5. The molecule has 1 amide bonds. The van der Waals surface area contributed by atoms with E-state index >= 15 is 0 Å². The van der Waals surface area contributed by atoms with E-state index in [1.54, 1.807) is 29.2 Å². The molecule has 3 rings (SSSR count). The summed E-state index contributed by atoms with van der Waals surface area (Å²) < 4.78 is 6.86. The van der Waals surface area contributed by atoms with Gasteiger partial charge in [-0.15, -0.1) is 0 Å². The van der Waals surface area contributed by atoms with Crippen LogP contribution in [0.3, 0.4) is 0 Å². The first-order valence-corrected chi connectivity index (χ1v) is 7.48. The predicted molar refractivity (Wildman–Crippen MR) is 90.8 cm³/mol. The highest BCUT2D eigenvalue weighted by molar-refractivity contribution is 5.95. The Kier molecular flexibility index (Phi) is 4.29. The van der Waals surface area contributed by atoms with Gasteiger partial charge in [-0.25, -0.2) is 9.66 Å². The maximum atomic E-state index is 12.4. The standard InChI is InChI=1S/C18H17N3O3/c1-12(22)13-7-8-17(24-2)14(9-13)10-18(23)20-21-11-19-15-5-3-4-6-16(15)21/h3-9,11H,10H2,1-2H3,(H,20,23). The topological polar surface area (TPSA) is 73.2 Å². The Labute approximate surface area is 139 Å². The van der Waals surface area contributed by atoms with Crippen LogP contribution in [0.2, 0.25) is 0 Å². The second-order valence-electron chi connectivity index (χ2n) is 5.40. The first-order chi connectivity index (χ1) is 11.6. The minimum atomic E-state index is -0.225. The quantitative estimate of drug-likeness (QED) is 0.732. The van der Waals surface area contributed by atoms with E-state index in [2.05, 4.69) is 10.4 Å². The monoisotopic (exact) mass is 323 g/mol. The molecule has 0 unspecified atom stereocenters. The highest BCUT2D eigenvalue weighted by Gasteiger charge is 2.12. The van der Waals surface area contributed by atoms with Crippen molar-refractivity contribution >= 4 is 22.7 Å². The summed E-state index contributed by atoms with van der Waals surface area (Å²) in [6, 6.07) is 12.6. The summed E-state index contributed by atoms with van der Waals surface area (Å²) in [4.78, 5) is 28.1. The Morgan fingerprint density at radius 1 is 1.21 bits per heavy atom. The smallest absolute Gasteiger partial charge is 0.243 e. The van der Waals surface area contributed by atoms with Gasteiger partial charge in [0.15, 0.2) is 5.78 Å². The average Bonchev–Trinajstić information content (AvgIpc) is 2.98. The number of aromatic nitrogens is 2. The number of amides is 1. The van der Waals surface area contributed by atoms with Crippen molar-refractivity contribution in [3.05, 3.63) is 59.9 Å². The number of carbonyl (C=O) groups excluding carboxylic acids is 2. The summed E-state index contributed by atoms with van der Waals surface area (Å²) in [5.74, 6) is 0.294. The first-order valence-electron chi connectivity index (χ1n) is 7.48. The lowest BCUT2D eigenvalue weighted by Gasteiger charge is -2.11. The number of methoxy groups -OCH3 is 1. The third-order valence-electron chi connectivity index (χ3n) is 3.74. The van der Waals surface area contributed by atoms with Gasteiger partial charge in [0.05, 0.1) is 24.6 Å². The van der Waals surface area contributed by atoms with Crippen molar-refractivity contribution in [2.45, 2.75) is 13.3 Å². The van der Waals surface area contributed by atoms with Crippen LogP contribution in [0.5, 0.6) is 5.75 Å². The van der Waals surface area contributed by atoms with Crippen LogP contribution < -0.4 is 10.2 Å². The minimum Gasteiger partial charge on any atom is -0.496 e. The van der Waals surface area contributed by atoms with Crippen molar-refractivity contribution in [1.29, 1.82) is 0 Å². The van der Waals surface area contributed by atoms with E-state index in [0.717, 1.165) is 11.0 Å². The van der Waals surface area contributed by atoms with E-state index in [-0.39, 0.29) is 18.1 Å². The second kappa shape index (κ2) is 6.54. The molecule has 0 saturated carbocycles. The largest absolute Gasteiger partial charge is 0.496 e. The summed E-state index contributed by atoms with van der Waals surface area (Å²) >= 11 is 0. The molecule has 0 radical (unpaired) electrons. The van der Waals surface area contributed by atoms with Gasteiger partial charge >= 0.3 is 0 Å². The van der Waals surface area contributed by atoms with Crippen LogP contribution in [0.4, 0.5) is 0 Å². The van der Waals surface area contributed by atoms with Gasteiger partial charge in [0, 0.05) is 11.1 Å². The van der Waals surface area contributed by atoms with Gasteiger partial charge in [0.25, 0.3) is 0 Å². The molecule has 24 heavy (non-hydrogen) atoms. The predicted octanol–water partition coefficient (Wildman–Crippen LogP) is 2.56. The Hall–Kier alpha value is -3.15. The molecule has 0 aliphatic carbocycles. The molecule has 0 bridgehead atoms. The summed E-state index contributed by atoms with van der Waals surface area (Å²) in [6.45, 7) is 1.49. The van der Waals surface area contributed by atoms with E-state index in [1.807, 2.05) is 24.3 Å². The molecule has 122 valence electrons. The number of benzene rings is 2. The van der Waals surface area contributed by atoms with Crippen molar-refractivity contribution in [2.24, 2.45) is 0 Å². The zero-order valence-electron chi connectivity index (χ0n) is 13.4. The summed E-state index contributed by atoms with van der Waals surface area (Å²) in [7, 11) is 1.54. The van der Waals surface area contributed by atoms with E-state index in [1.165, 1.54) is 14.0 Å². The Morgan fingerprint density at radius 2 is 2.00 bits per heavy atom. The molecule has 1 aromatic heterocycles. The van der Waals surface area contributed by atoms with Crippen LogP contribution in [-0.2, 0) is 11.2 Å². The number of ketones is 1. The SMILES string of the molecule is COc1ccc(C(C)=O)cc1CC(=O)Nn1cnc2ccccc21. The highest BCUT2D eigenvalue weighted by atomic mass is 16.5. The maximum Gasteiger partial charge on any atom is 0.243 e. The Morgan fingerprint density at radius 3 is 2.75 bits per heavy atom. The number of nitrogens with one attached hydrogen (secondary N) is 1. The number of Topliss-reactive ketones (excluding diaryl/α,β-unsaturated/α-hetero) is 1. The summed E-state index contributed by atoms with van der Waals surface area (Å²) in [5, 5.41) is 0. The lowest BCUT2D eigenvalue weighted by Crippen LogP contribution is -2.24. The van der Waals surface area contributed by atoms with Crippen molar-refractivity contribution < 1.29 is 14.3 Å². The number of imidazole rings is 1. The third kappa shape index (κ3) is 3.12. The molecule has 0 aliphatic heterocycles. The second-order valence-corrected chi connectivity index (χ2v) is 5.40. The van der Waals surface area contributed by atoms with Crippen LogP contribution in [0, 0.1) is 0 Å². The molecule has 6 heteroatoms. The van der Waals surface area contributed by atoms with Crippen LogP contribution in [0.1, 0.15) is 22.8 Å². The molecule has 0 spiro atoms. The number of nitrogens with zero attached hydrogens (tertiary/aromatic N) is 2. The van der Waals surface area contributed by atoms with Crippen LogP contribution in [-0.4, -0.2) is 28.5 Å². The van der Waals surface area contributed by atoms with Crippen molar-refractivity contribution in [1.82, 2.24) is 9.66 Å². The van der Waals surface area contributed by atoms with Gasteiger partial charge in [0.1, 0.15) is 12.1 Å². The zero-order chi connectivity index (χ0) is 17.1. The zero-order valence-corrected chi connectivity index (χ0v) is 13.4. The van der Waals surface area contributed by atoms with Crippen LogP contribution in [0.15, 0.2) is 48.8 Å². The Balaban J connectivity index is 1.82. The van der Waals surface area contributed by atoms with Gasteiger partial charge in [-0.1, -0.05) is 12.1 Å². The fourth-order valence-electron chi connectivity index (χ4n) is 2.53. The highest BCUT2D eigenvalue weighted by Crippen LogP contribution is 2.21. The maximum absolute atomic E-state index is 12.4. The molecule has 3 aromatic rings. The fraction of sp³-hybridized carbons (Fsp3) is 0.167. The number of fused-ring (bicyclic) bond motifs is 1. The lowest BCUT2D eigenvalue weighted by atomic mass is 10.0. The lowest BCUT2D eigenvalue weighted by molar-refractivity contribution is -0.116. The van der Waals surface area contributed by atoms with Crippen molar-refractivity contribution in [3.8, 4) is 5.75 Å². The number of para-hydroxylation sites is 2. The van der Waals surface area contributed by atoms with E-state index < -0.39 is 0 Å². The third-order valence-corrected chi connectivity index (χ3v) is 3.74. The molecular weight excluding hydrogens is 306 g/mol. The minimum absolute atomic E-state index is 0.0556. The van der Waals surface area contributed by atoms with E-state index in [9.17, 15) is 9.59 Å². The van der Waals surface area contributed by atoms with Crippen LogP contribution in [0.25, 0.3) is 11.0 Å². The molecule has 1 heterocycles. The summed E-state index contributed by atoms with van der Waals surface area (Å²) in [5.41, 5.74) is 5.61. The molecule has 2 aromatic carbocycles.